The van der Waals surface area contributed by atoms with Crippen LogP contribution in [0.15, 0.2) is 12.1 Å². The molecule has 1 aromatic carbocycles. The van der Waals surface area contributed by atoms with Gasteiger partial charge in [0, 0.05) is 11.7 Å². The maximum absolute atomic E-state index is 11.4. The highest BCUT2D eigenvalue weighted by Crippen LogP contribution is 2.40. The molecule has 1 saturated carbocycles. The standard InChI is InChI=1S/C15H21N3O/c1-15(2)4-3-10(8-15)17-13-7-12-9(5-11(13)16)6-14(19)18-12/h5,7,10,17H,3-4,6,8,16H2,1-2H3,(H,18,19). The molecular weight excluding hydrogens is 238 g/mol. The average molecular weight is 259 g/mol. The number of rotatable bonds is 2. The summed E-state index contributed by atoms with van der Waals surface area (Å²) in [6.45, 7) is 4.61. The molecule has 1 unspecified atom stereocenters. The minimum absolute atomic E-state index is 0.0496. The third kappa shape index (κ3) is 2.39. The van der Waals surface area contributed by atoms with E-state index in [1.165, 1.54) is 12.8 Å². The summed E-state index contributed by atoms with van der Waals surface area (Å²) in [5.41, 5.74) is 10.1. The molecule has 4 heteroatoms. The lowest BCUT2D eigenvalue weighted by Gasteiger charge is -2.20. The number of hydrogen-bond acceptors (Lipinski definition) is 3. The molecule has 1 atom stereocenters. The zero-order valence-electron chi connectivity index (χ0n) is 11.5. The second kappa shape index (κ2) is 4.15. The number of fused-ring (bicyclic) bond motifs is 1. The third-order valence-electron chi connectivity index (χ3n) is 4.23. The van der Waals surface area contributed by atoms with Crippen molar-refractivity contribution in [3.05, 3.63) is 17.7 Å². The lowest BCUT2D eigenvalue weighted by molar-refractivity contribution is -0.115. The lowest BCUT2D eigenvalue weighted by atomic mass is 9.92. The van der Waals surface area contributed by atoms with Crippen LogP contribution >= 0.6 is 0 Å². The van der Waals surface area contributed by atoms with Gasteiger partial charge in [-0.2, -0.15) is 0 Å². The van der Waals surface area contributed by atoms with Crippen molar-refractivity contribution in [1.82, 2.24) is 0 Å². The molecule has 0 saturated heterocycles. The van der Waals surface area contributed by atoms with Gasteiger partial charge in [-0.3, -0.25) is 4.79 Å². The summed E-state index contributed by atoms with van der Waals surface area (Å²) in [6.07, 6.45) is 4.02. The van der Waals surface area contributed by atoms with E-state index in [0.717, 1.165) is 29.0 Å². The van der Waals surface area contributed by atoms with Crippen molar-refractivity contribution in [3.8, 4) is 0 Å². The summed E-state index contributed by atoms with van der Waals surface area (Å²) >= 11 is 0. The van der Waals surface area contributed by atoms with Crippen LogP contribution in [0, 0.1) is 5.41 Å². The number of hydrogen-bond donors (Lipinski definition) is 3. The fourth-order valence-electron chi connectivity index (χ4n) is 3.20. The summed E-state index contributed by atoms with van der Waals surface area (Å²) in [5, 5.41) is 6.40. The quantitative estimate of drug-likeness (QED) is 0.715. The van der Waals surface area contributed by atoms with Crippen molar-refractivity contribution < 1.29 is 4.79 Å². The normalized spacial score (nSPS) is 24.1. The summed E-state index contributed by atoms with van der Waals surface area (Å²) in [4.78, 5) is 11.4. The van der Waals surface area contributed by atoms with Crippen LogP contribution in [-0.2, 0) is 11.2 Å². The first kappa shape index (κ1) is 12.3. The zero-order valence-corrected chi connectivity index (χ0v) is 11.5. The molecule has 1 aliphatic carbocycles. The van der Waals surface area contributed by atoms with Gasteiger partial charge < -0.3 is 16.4 Å². The number of benzene rings is 1. The van der Waals surface area contributed by atoms with Crippen LogP contribution in [0.3, 0.4) is 0 Å². The minimum Gasteiger partial charge on any atom is -0.397 e. The topological polar surface area (TPSA) is 67.1 Å². The molecule has 1 heterocycles. The van der Waals surface area contributed by atoms with Gasteiger partial charge in [0.05, 0.1) is 17.8 Å². The Labute approximate surface area is 113 Å². The molecule has 0 spiro atoms. The Balaban J connectivity index is 1.79. The Bertz CT molecular complexity index is 536. The third-order valence-corrected chi connectivity index (χ3v) is 4.23. The molecule has 1 aliphatic heterocycles. The number of amides is 1. The van der Waals surface area contributed by atoms with Crippen molar-refractivity contribution in [2.75, 3.05) is 16.4 Å². The van der Waals surface area contributed by atoms with E-state index in [4.69, 9.17) is 5.73 Å². The Morgan fingerprint density at radius 2 is 2.21 bits per heavy atom. The highest BCUT2D eigenvalue weighted by molar-refractivity contribution is 6.00. The van der Waals surface area contributed by atoms with Gasteiger partial charge in [-0.25, -0.2) is 0 Å². The average Bonchev–Trinajstić information content (AvgIpc) is 2.81. The van der Waals surface area contributed by atoms with Gasteiger partial charge in [-0.05, 0) is 42.4 Å². The Hall–Kier alpha value is -1.71. The number of carbonyl (C=O) groups is 1. The van der Waals surface area contributed by atoms with E-state index in [1.807, 2.05) is 12.1 Å². The maximum Gasteiger partial charge on any atom is 0.228 e. The van der Waals surface area contributed by atoms with Crippen LogP contribution in [-0.4, -0.2) is 11.9 Å². The van der Waals surface area contributed by atoms with Gasteiger partial charge in [0.1, 0.15) is 0 Å². The van der Waals surface area contributed by atoms with Crippen molar-refractivity contribution in [2.45, 2.75) is 45.6 Å². The van der Waals surface area contributed by atoms with E-state index in [0.29, 0.717) is 17.9 Å². The molecule has 0 radical (unpaired) electrons. The summed E-state index contributed by atoms with van der Waals surface area (Å²) in [7, 11) is 0. The largest absolute Gasteiger partial charge is 0.397 e. The Kier molecular flexibility index (Phi) is 2.69. The van der Waals surface area contributed by atoms with Crippen LogP contribution in [0.2, 0.25) is 0 Å². The number of nitrogen functional groups attached to an aromatic ring is 1. The number of anilines is 3. The van der Waals surface area contributed by atoms with Gasteiger partial charge in [0.25, 0.3) is 0 Å². The molecular formula is C15H21N3O. The van der Waals surface area contributed by atoms with Gasteiger partial charge >= 0.3 is 0 Å². The highest BCUT2D eigenvalue weighted by atomic mass is 16.1. The Morgan fingerprint density at radius 3 is 2.89 bits per heavy atom. The molecule has 19 heavy (non-hydrogen) atoms. The number of nitrogens with two attached hydrogens (primary N) is 1. The van der Waals surface area contributed by atoms with Crippen LogP contribution in [0.1, 0.15) is 38.7 Å². The molecule has 4 N–H and O–H groups in total. The van der Waals surface area contributed by atoms with Crippen LogP contribution in [0.25, 0.3) is 0 Å². The van der Waals surface area contributed by atoms with Crippen LogP contribution < -0.4 is 16.4 Å². The fourth-order valence-corrected chi connectivity index (χ4v) is 3.20. The minimum atomic E-state index is 0.0496. The van der Waals surface area contributed by atoms with E-state index in [-0.39, 0.29) is 5.91 Å². The van der Waals surface area contributed by atoms with Gasteiger partial charge in [-0.15, -0.1) is 0 Å². The number of nitrogens with one attached hydrogen (secondary N) is 2. The number of carbonyl (C=O) groups excluding carboxylic acids is 1. The fraction of sp³-hybridized carbons (Fsp3) is 0.533. The van der Waals surface area contributed by atoms with Crippen molar-refractivity contribution in [2.24, 2.45) is 5.41 Å². The van der Waals surface area contributed by atoms with Crippen LogP contribution in [0.4, 0.5) is 17.1 Å². The first-order chi connectivity index (χ1) is 8.93. The van der Waals surface area contributed by atoms with Crippen LogP contribution in [0.5, 0.6) is 0 Å². The second-order valence-electron chi connectivity index (χ2n) is 6.57. The SMILES string of the molecule is CC1(C)CCC(Nc2cc3c(cc2N)CC(=O)N3)C1. The summed E-state index contributed by atoms with van der Waals surface area (Å²) in [6, 6.07) is 4.36. The molecule has 0 bridgehead atoms. The van der Waals surface area contributed by atoms with Gasteiger partial charge in [0.15, 0.2) is 0 Å². The van der Waals surface area contributed by atoms with E-state index < -0.39 is 0 Å². The summed E-state index contributed by atoms with van der Waals surface area (Å²) < 4.78 is 0. The second-order valence-corrected chi connectivity index (χ2v) is 6.57. The molecule has 1 aromatic rings. The molecule has 1 amide bonds. The van der Waals surface area contributed by atoms with Crippen molar-refractivity contribution >= 4 is 23.0 Å². The molecule has 3 rings (SSSR count). The van der Waals surface area contributed by atoms with Crippen molar-refractivity contribution in [1.29, 1.82) is 0 Å². The van der Waals surface area contributed by atoms with Gasteiger partial charge in [0.2, 0.25) is 5.91 Å². The first-order valence-electron chi connectivity index (χ1n) is 6.92. The molecule has 0 aromatic heterocycles. The zero-order chi connectivity index (χ0) is 13.6. The molecule has 2 aliphatic rings. The highest BCUT2D eigenvalue weighted by Gasteiger charge is 2.31. The van der Waals surface area contributed by atoms with E-state index in [1.54, 1.807) is 0 Å². The van der Waals surface area contributed by atoms with E-state index in [9.17, 15) is 4.79 Å². The maximum atomic E-state index is 11.4. The lowest BCUT2D eigenvalue weighted by Crippen LogP contribution is -2.18. The smallest absolute Gasteiger partial charge is 0.228 e. The van der Waals surface area contributed by atoms with Gasteiger partial charge in [-0.1, -0.05) is 13.8 Å². The van der Waals surface area contributed by atoms with Crippen molar-refractivity contribution in [3.63, 3.8) is 0 Å². The summed E-state index contributed by atoms with van der Waals surface area (Å²) in [5.74, 6) is 0.0496. The Morgan fingerprint density at radius 1 is 1.42 bits per heavy atom. The molecule has 4 nitrogen and oxygen atoms in total. The monoisotopic (exact) mass is 259 g/mol. The first-order valence-corrected chi connectivity index (χ1v) is 6.92. The van der Waals surface area contributed by atoms with E-state index in [2.05, 4.69) is 24.5 Å². The van der Waals surface area contributed by atoms with E-state index >= 15 is 0 Å². The predicted molar refractivity (Wildman–Crippen MR) is 78.2 cm³/mol. The molecule has 1 fully saturated rings. The predicted octanol–water partition coefficient (Wildman–Crippen LogP) is 2.75. The molecule has 102 valence electrons.